The van der Waals surface area contributed by atoms with E-state index in [4.69, 9.17) is 9.40 Å². The number of aromatic nitrogens is 1. The molecular formula is C26H16N2OS. The molecule has 0 atom stereocenters. The zero-order chi connectivity index (χ0) is 20.3. The van der Waals surface area contributed by atoms with E-state index in [0.717, 1.165) is 43.1 Å². The molecular weight excluding hydrogens is 388 g/mol. The molecule has 0 saturated heterocycles. The number of nitriles is 1. The lowest BCUT2D eigenvalue weighted by Gasteiger charge is -2.09. The molecule has 0 N–H and O–H groups in total. The second-order valence-corrected chi connectivity index (χ2v) is 7.95. The summed E-state index contributed by atoms with van der Waals surface area (Å²) < 4.78 is 5.25. The fraction of sp³-hybridized carbons (Fsp3) is 0. The SMILES string of the molecule is N#Cc1cc(-c2ccoc2)c2ccc(Sc3cccc(-c4ccccc4)n3)cc2c1. The second kappa shape index (κ2) is 7.90. The minimum Gasteiger partial charge on any atom is -0.472 e. The van der Waals surface area contributed by atoms with Crippen molar-refractivity contribution in [1.29, 1.82) is 5.26 Å². The van der Waals surface area contributed by atoms with Crippen LogP contribution in [0.4, 0.5) is 0 Å². The highest BCUT2D eigenvalue weighted by Crippen LogP contribution is 2.35. The lowest BCUT2D eigenvalue weighted by atomic mass is 9.97. The number of furan rings is 1. The topological polar surface area (TPSA) is 49.8 Å². The number of fused-ring (bicyclic) bond motifs is 1. The molecule has 0 amide bonds. The smallest absolute Gasteiger partial charge is 0.101 e. The Hall–Kier alpha value is -3.81. The first-order valence-corrected chi connectivity index (χ1v) is 10.3. The largest absolute Gasteiger partial charge is 0.472 e. The Balaban J connectivity index is 1.53. The molecule has 0 aliphatic heterocycles. The van der Waals surface area contributed by atoms with Gasteiger partial charge in [-0.25, -0.2) is 4.98 Å². The molecule has 5 aromatic rings. The normalized spacial score (nSPS) is 10.8. The van der Waals surface area contributed by atoms with Crippen molar-refractivity contribution in [3.63, 3.8) is 0 Å². The van der Waals surface area contributed by atoms with Gasteiger partial charge >= 0.3 is 0 Å². The lowest BCUT2D eigenvalue weighted by Crippen LogP contribution is -1.87. The molecule has 0 aliphatic rings. The predicted molar refractivity (Wildman–Crippen MR) is 120 cm³/mol. The van der Waals surface area contributed by atoms with E-state index >= 15 is 0 Å². The van der Waals surface area contributed by atoms with Crippen LogP contribution in [0, 0.1) is 11.3 Å². The predicted octanol–water partition coefficient (Wildman–Crippen LogP) is 7.18. The van der Waals surface area contributed by atoms with E-state index in [9.17, 15) is 5.26 Å². The average molecular weight is 404 g/mol. The summed E-state index contributed by atoms with van der Waals surface area (Å²) in [5.74, 6) is 0. The fourth-order valence-corrected chi connectivity index (χ4v) is 4.35. The van der Waals surface area contributed by atoms with Gasteiger partial charge in [0.2, 0.25) is 0 Å². The Kier molecular flexibility index (Phi) is 4.80. The van der Waals surface area contributed by atoms with Crippen LogP contribution >= 0.6 is 11.8 Å². The van der Waals surface area contributed by atoms with Gasteiger partial charge in [-0.3, -0.25) is 0 Å². The van der Waals surface area contributed by atoms with Crippen molar-refractivity contribution in [1.82, 2.24) is 4.98 Å². The Morgan fingerprint density at radius 2 is 1.73 bits per heavy atom. The van der Waals surface area contributed by atoms with Crippen molar-refractivity contribution < 1.29 is 4.42 Å². The molecule has 5 rings (SSSR count). The zero-order valence-electron chi connectivity index (χ0n) is 15.9. The van der Waals surface area contributed by atoms with Gasteiger partial charge in [0, 0.05) is 16.0 Å². The number of rotatable bonds is 4. The highest BCUT2D eigenvalue weighted by molar-refractivity contribution is 7.99. The number of hydrogen-bond donors (Lipinski definition) is 0. The molecule has 0 aliphatic carbocycles. The third-order valence-corrected chi connectivity index (χ3v) is 5.83. The monoisotopic (exact) mass is 404 g/mol. The summed E-state index contributed by atoms with van der Waals surface area (Å²) in [7, 11) is 0. The number of nitrogens with zero attached hydrogens (tertiary/aromatic N) is 2. The van der Waals surface area contributed by atoms with Gasteiger partial charge in [0.05, 0.1) is 29.9 Å². The number of benzene rings is 3. The van der Waals surface area contributed by atoms with E-state index in [1.54, 1.807) is 24.3 Å². The van der Waals surface area contributed by atoms with Crippen LogP contribution in [-0.4, -0.2) is 4.98 Å². The van der Waals surface area contributed by atoms with Crippen LogP contribution in [0.25, 0.3) is 33.2 Å². The quantitative estimate of drug-likeness (QED) is 0.318. The van der Waals surface area contributed by atoms with Crippen LogP contribution in [0.1, 0.15) is 5.56 Å². The highest BCUT2D eigenvalue weighted by atomic mass is 32.2. The van der Waals surface area contributed by atoms with Gasteiger partial charge in [-0.05, 0) is 58.8 Å². The average Bonchev–Trinajstić information content (AvgIpc) is 3.34. The third-order valence-electron chi connectivity index (χ3n) is 4.90. The van der Waals surface area contributed by atoms with Gasteiger partial charge in [-0.15, -0.1) is 0 Å². The molecule has 4 heteroatoms. The summed E-state index contributed by atoms with van der Waals surface area (Å²) in [6, 6.07) is 30.6. The van der Waals surface area contributed by atoms with Crippen LogP contribution in [0.3, 0.4) is 0 Å². The van der Waals surface area contributed by atoms with Crippen LogP contribution in [0.2, 0.25) is 0 Å². The van der Waals surface area contributed by atoms with Crippen LogP contribution in [0.15, 0.2) is 112 Å². The van der Waals surface area contributed by atoms with E-state index in [2.05, 4.69) is 36.4 Å². The molecule has 0 fully saturated rings. The molecule has 3 aromatic carbocycles. The van der Waals surface area contributed by atoms with Crippen molar-refractivity contribution >= 4 is 22.5 Å². The molecule has 2 aromatic heterocycles. The summed E-state index contributed by atoms with van der Waals surface area (Å²) in [5, 5.41) is 12.5. The first-order valence-electron chi connectivity index (χ1n) is 9.51. The summed E-state index contributed by atoms with van der Waals surface area (Å²) in [5.41, 5.74) is 4.65. The Morgan fingerprint density at radius 3 is 2.53 bits per heavy atom. The van der Waals surface area contributed by atoms with Crippen LogP contribution < -0.4 is 0 Å². The highest BCUT2D eigenvalue weighted by Gasteiger charge is 2.10. The first kappa shape index (κ1) is 18.2. The Labute approximate surface area is 178 Å². The van der Waals surface area contributed by atoms with Crippen molar-refractivity contribution in [2.24, 2.45) is 0 Å². The minimum atomic E-state index is 0.630. The molecule has 0 saturated carbocycles. The van der Waals surface area contributed by atoms with E-state index in [0.29, 0.717) is 5.56 Å². The minimum absolute atomic E-state index is 0.630. The maximum Gasteiger partial charge on any atom is 0.101 e. The standard InChI is InChI=1S/C26H16N2OS/c27-16-18-13-21-15-22(9-10-23(21)24(14-18)20-11-12-29-17-20)30-26-8-4-7-25(28-26)19-5-2-1-3-6-19/h1-15,17H. The number of hydrogen-bond acceptors (Lipinski definition) is 4. The fourth-order valence-electron chi connectivity index (χ4n) is 3.49. The maximum absolute atomic E-state index is 9.47. The maximum atomic E-state index is 9.47. The lowest BCUT2D eigenvalue weighted by molar-refractivity contribution is 0.568. The van der Waals surface area contributed by atoms with Gasteiger partial charge in [0.25, 0.3) is 0 Å². The van der Waals surface area contributed by atoms with E-state index in [1.807, 2.05) is 54.6 Å². The van der Waals surface area contributed by atoms with E-state index < -0.39 is 0 Å². The summed E-state index contributed by atoms with van der Waals surface area (Å²) in [4.78, 5) is 5.89. The second-order valence-electron chi connectivity index (χ2n) is 6.86. The summed E-state index contributed by atoms with van der Waals surface area (Å²) in [6.45, 7) is 0. The van der Waals surface area contributed by atoms with E-state index in [1.165, 1.54) is 0 Å². The first-order chi connectivity index (χ1) is 14.8. The molecule has 0 bridgehead atoms. The van der Waals surface area contributed by atoms with Gasteiger partial charge in [-0.1, -0.05) is 54.2 Å². The zero-order valence-corrected chi connectivity index (χ0v) is 16.8. The van der Waals surface area contributed by atoms with Crippen molar-refractivity contribution in [3.8, 4) is 28.5 Å². The van der Waals surface area contributed by atoms with Gasteiger partial charge in [-0.2, -0.15) is 5.26 Å². The molecule has 142 valence electrons. The Bertz CT molecular complexity index is 1370. The molecule has 2 heterocycles. The van der Waals surface area contributed by atoms with Crippen LogP contribution in [-0.2, 0) is 0 Å². The van der Waals surface area contributed by atoms with E-state index in [-0.39, 0.29) is 0 Å². The summed E-state index contributed by atoms with van der Waals surface area (Å²) >= 11 is 1.62. The molecule has 0 spiro atoms. The van der Waals surface area contributed by atoms with Crippen LogP contribution in [0.5, 0.6) is 0 Å². The van der Waals surface area contributed by atoms with Crippen molar-refractivity contribution in [2.45, 2.75) is 9.92 Å². The Morgan fingerprint density at radius 1 is 0.833 bits per heavy atom. The van der Waals surface area contributed by atoms with Crippen molar-refractivity contribution in [3.05, 3.63) is 103 Å². The molecule has 0 unspecified atom stereocenters. The van der Waals surface area contributed by atoms with Gasteiger partial charge in [0.1, 0.15) is 5.03 Å². The van der Waals surface area contributed by atoms with Gasteiger partial charge in [0.15, 0.2) is 0 Å². The molecule has 3 nitrogen and oxygen atoms in total. The molecule has 30 heavy (non-hydrogen) atoms. The van der Waals surface area contributed by atoms with Gasteiger partial charge < -0.3 is 4.42 Å². The summed E-state index contributed by atoms with van der Waals surface area (Å²) in [6.07, 6.45) is 3.35. The van der Waals surface area contributed by atoms with Crippen molar-refractivity contribution in [2.75, 3.05) is 0 Å². The molecule has 0 radical (unpaired) electrons. The third kappa shape index (κ3) is 3.59. The number of pyridine rings is 1.